The van der Waals surface area contributed by atoms with E-state index < -0.39 is 17.5 Å². The van der Waals surface area contributed by atoms with Gasteiger partial charge in [0.25, 0.3) is 5.91 Å². The Morgan fingerprint density at radius 3 is 2.39 bits per heavy atom. The van der Waals surface area contributed by atoms with Gasteiger partial charge in [0.15, 0.2) is 0 Å². The molecule has 1 amide bonds. The van der Waals surface area contributed by atoms with Crippen molar-refractivity contribution in [3.8, 4) is 6.07 Å². The first-order chi connectivity index (χ1) is 11.0. The molecule has 2 aromatic carbocycles. The Morgan fingerprint density at radius 1 is 1.22 bits per heavy atom. The topological polar surface area (TPSA) is 44.1 Å². The van der Waals surface area contributed by atoms with Gasteiger partial charge < -0.3 is 4.90 Å². The molecule has 1 atom stereocenters. The number of hydrogen-bond donors (Lipinski definition) is 0. The monoisotopic (exact) mass is 314 g/mol. The standard InChI is InChI=1S/C18H16F2N2O/c1-3-22(12(2)14-6-4-13(11-21)5-7-14)18(23)16-9-8-15(19)10-17(16)20/h4-10,12H,3H2,1-2H3. The molecule has 0 heterocycles. The molecule has 0 N–H and O–H groups in total. The summed E-state index contributed by atoms with van der Waals surface area (Å²) in [5, 5.41) is 8.83. The molecule has 3 nitrogen and oxygen atoms in total. The van der Waals surface area contributed by atoms with Gasteiger partial charge in [-0.15, -0.1) is 0 Å². The van der Waals surface area contributed by atoms with E-state index >= 15 is 0 Å². The van der Waals surface area contributed by atoms with Crippen LogP contribution in [0.3, 0.4) is 0 Å². The van der Waals surface area contributed by atoms with Crippen LogP contribution in [-0.2, 0) is 0 Å². The number of hydrogen-bond acceptors (Lipinski definition) is 2. The van der Waals surface area contributed by atoms with Crippen molar-refractivity contribution in [3.63, 3.8) is 0 Å². The minimum atomic E-state index is -0.875. The Kier molecular flexibility index (Phi) is 5.07. The fourth-order valence-electron chi connectivity index (χ4n) is 2.43. The molecule has 0 bridgehead atoms. The van der Waals surface area contributed by atoms with Gasteiger partial charge >= 0.3 is 0 Å². The summed E-state index contributed by atoms with van der Waals surface area (Å²) in [4.78, 5) is 14.1. The molecule has 2 rings (SSSR count). The van der Waals surface area contributed by atoms with Crippen molar-refractivity contribution in [1.82, 2.24) is 4.90 Å². The van der Waals surface area contributed by atoms with Crippen molar-refractivity contribution in [1.29, 1.82) is 5.26 Å². The van der Waals surface area contributed by atoms with Crippen LogP contribution in [0.1, 0.15) is 41.4 Å². The van der Waals surface area contributed by atoms with E-state index in [0.717, 1.165) is 17.7 Å². The summed E-state index contributed by atoms with van der Waals surface area (Å²) in [6.07, 6.45) is 0. The largest absolute Gasteiger partial charge is 0.332 e. The summed E-state index contributed by atoms with van der Waals surface area (Å²) in [6.45, 7) is 3.99. The van der Waals surface area contributed by atoms with Gasteiger partial charge in [0.2, 0.25) is 0 Å². The van der Waals surface area contributed by atoms with Crippen molar-refractivity contribution in [2.24, 2.45) is 0 Å². The van der Waals surface area contributed by atoms with Crippen molar-refractivity contribution in [2.45, 2.75) is 19.9 Å². The smallest absolute Gasteiger partial charge is 0.257 e. The van der Waals surface area contributed by atoms with E-state index in [1.54, 1.807) is 31.2 Å². The van der Waals surface area contributed by atoms with Gasteiger partial charge in [-0.2, -0.15) is 5.26 Å². The van der Waals surface area contributed by atoms with Crippen molar-refractivity contribution < 1.29 is 13.6 Å². The van der Waals surface area contributed by atoms with Crippen LogP contribution in [0.15, 0.2) is 42.5 Å². The third-order valence-electron chi connectivity index (χ3n) is 3.75. The van der Waals surface area contributed by atoms with Crippen LogP contribution in [0.4, 0.5) is 8.78 Å². The highest BCUT2D eigenvalue weighted by molar-refractivity contribution is 5.94. The summed E-state index contributed by atoms with van der Waals surface area (Å²) in [7, 11) is 0. The molecular weight excluding hydrogens is 298 g/mol. The zero-order valence-corrected chi connectivity index (χ0v) is 12.9. The van der Waals surface area contributed by atoms with E-state index in [1.165, 1.54) is 4.90 Å². The zero-order valence-electron chi connectivity index (χ0n) is 12.9. The van der Waals surface area contributed by atoms with Crippen molar-refractivity contribution in [3.05, 3.63) is 70.8 Å². The lowest BCUT2D eigenvalue weighted by Gasteiger charge is -2.28. The minimum absolute atomic E-state index is 0.159. The third-order valence-corrected chi connectivity index (χ3v) is 3.75. The van der Waals surface area contributed by atoms with Crippen LogP contribution in [0.5, 0.6) is 0 Å². The second-order valence-corrected chi connectivity index (χ2v) is 5.13. The van der Waals surface area contributed by atoms with Gasteiger partial charge in [-0.1, -0.05) is 12.1 Å². The zero-order chi connectivity index (χ0) is 17.0. The molecule has 0 fully saturated rings. The summed E-state index contributed by atoms with van der Waals surface area (Å²) in [5.74, 6) is -2.09. The quantitative estimate of drug-likeness (QED) is 0.854. The lowest BCUT2D eigenvalue weighted by Crippen LogP contribution is -2.34. The Bertz CT molecular complexity index is 751. The molecule has 118 valence electrons. The SMILES string of the molecule is CCN(C(=O)c1ccc(F)cc1F)C(C)c1ccc(C#N)cc1. The highest BCUT2D eigenvalue weighted by atomic mass is 19.1. The molecule has 0 aromatic heterocycles. The maximum absolute atomic E-state index is 13.8. The highest BCUT2D eigenvalue weighted by Crippen LogP contribution is 2.23. The number of benzene rings is 2. The summed E-state index contributed by atoms with van der Waals surface area (Å²) in [6, 6.07) is 11.5. The second-order valence-electron chi connectivity index (χ2n) is 5.13. The Morgan fingerprint density at radius 2 is 1.87 bits per heavy atom. The molecule has 5 heteroatoms. The molecule has 0 saturated heterocycles. The molecular formula is C18H16F2N2O. The highest BCUT2D eigenvalue weighted by Gasteiger charge is 2.23. The normalized spacial score (nSPS) is 11.6. The van der Waals surface area contributed by atoms with Gasteiger partial charge in [0.1, 0.15) is 11.6 Å². The molecule has 0 spiro atoms. The molecule has 23 heavy (non-hydrogen) atoms. The van der Waals surface area contributed by atoms with Gasteiger partial charge in [0.05, 0.1) is 23.2 Å². The van der Waals surface area contributed by atoms with E-state index in [0.29, 0.717) is 18.2 Å². The minimum Gasteiger partial charge on any atom is -0.332 e. The first kappa shape index (κ1) is 16.6. The maximum Gasteiger partial charge on any atom is 0.257 e. The summed E-state index contributed by atoms with van der Waals surface area (Å²) < 4.78 is 26.8. The van der Waals surface area contributed by atoms with Crippen LogP contribution in [-0.4, -0.2) is 17.4 Å². The lowest BCUT2D eigenvalue weighted by molar-refractivity contribution is 0.0697. The fourth-order valence-corrected chi connectivity index (χ4v) is 2.43. The third kappa shape index (κ3) is 3.54. The van der Waals surface area contributed by atoms with Gasteiger partial charge in [-0.3, -0.25) is 4.79 Å². The van der Waals surface area contributed by atoms with E-state index in [1.807, 2.05) is 13.0 Å². The molecule has 0 radical (unpaired) electrons. The van der Waals surface area contributed by atoms with Crippen molar-refractivity contribution in [2.75, 3.05) is 6.54 Å². The Balaban J connectivity index is 2.30. The summed E-state index contributed by atoms with van der Waals surface area (Å²) >= 11 is 0. The fraction of sp³-hybridized carbons (Fsp3) is 0.222. The Labute approximate surface area is 133 Å². The molecule has 0 aliphatic rings. The Hall–Kier alpha value is -2.74. The van der Waals surface area contributed by atoms with Crippen LogP contribution >= 0.6 is 0 Å². The lowest BCUT2D eigenvalue weighted by atomic mass is 10.0. The number of nitrogens with zero attached hydrogens (tertiary/aromatic N) is 2. The average Bonchev–Trinajstić information content (AvgIpc) is 2.55. The van der Waals surface area contributed by atoms with Crippen LogP contribution in [0.25, 0.3) is 0 Å². The van der Waals surface area contributed by atoms with Crippen LogP contribution in [0.2, 0.25) is 0 Å². The molecule has 0 aliphatic heterocycles. The van der Waals surface area contributed by atoms with E-state index in [2.05, 4.69) is 0 Å². The number of carbonyl (C=O) groups excluding carboxylic acids is 1. The molecule has 2 aromatic rings. The van der Waals surface area contributed by atoms with Gasteiger partial charge in [-0.25, -0.2) is 8.78 Å². The average molecular weight is 314 g/mol. The van der Waals surface area contributed by atoms with Gasteiger partial charge in [-0.05, 0) is 43.7 Å². The molecule has 0 aliphatic carbocycles. The number of rotatable bonds is 4. The van der Waals surface area contributed by atoms with Gasteiger partial charge in [0, 0.05) is 12.6 Å². The predicted molar refractivity (Wildman–Crippen MR) is 82.6 cm³/mol. The number of halogens is 2. The van der Waals surface area contributed by atoms with E-state index in [4.69, 9.17) is 5.26 Å². The number of carbonyl (C=O) groups is 1. The van der Waals surface area contributed by atoms with E-state index in [-0.39, 0.29) is 11.6 Å². The maximum atomic E-state index is 13.8. The number of nitriles is 1. The first-order valence-electron chi connectivity index (χ1n) is 7.24. The van der Waals surface area contributed by atoms with E-state index in [9.17, 15) is 13.6 Å². The van der Waals surface area contributed by atoms with Crippen LogP contribution in [0, 0.1) is 23.0 Å². The first-order valence-corrected chi connectivity index (χ1v) is 7.24. The van der Waals surface area contributed by atoms with Crippen LogP contribution < -0.4 is 0 Å². The molecule has 0 saturated carbocycles. The second kappa shape index (κ2) is 7.01. The number of amides is 1. The predicted octanol–water partition coefficient (Wildman–Crippen LogP) is 4.06. The van der Waals surface area contributed by atoms with Crippen molar-refractivity contribution >= 4 is 5.91 Å². The summed E-state index contributed by atoms with van der Waals surface area (Å²) in [5.41, 5.74) is 1.20. The molecule has 1 unspecified atom stereocenters.